The third-order valence-electron chi connectivity index (χ3n) is 4.50. The van der Waals surface area contributed by atoms with Gasteiger partial charge in [0, 0.05) is 11.4 Å². The molecular weight excluding hydrogens is 398 g/mol. The van der Waals surface area contributed by atoms with E-state index in [0.717, 1.165) is 17.9 Å². The zero-order valence-corrected chi connectivity index (χ0v) is 19.3. The number of carboxylic acids is 1. The zero-order valence-electron chi connectivity index (χ0n) is 18.5. The van der Waals surface area contributed by atoms with Crippen molar-refractivity contribution >= 4 is 29.4 Å². The Morgan fingerprint density at radius 2 is 1.80 bits per heavy atom. The summed E-state index contributed by atoms with van der Waals surface area (Å²) in [7, 11) is 0. The zero-order chi connectivity index (χ0) is 22.5. The molecule has 0 heterocycles. The molecule has 0 saturated carbocycles. The Morgan fingerprint density at radius 1 is 1.13 bits per heavy atom. The summed E-state index contributed by atoms with van der Waals surface area (Å²) in [5.74, 6) is -0.914. The van der Waals surface area contributed by atoms with Crippen molar-refractivity contribution in [2.75, 3.05) is 6.61 Å². The number of carbonyl (C=O) groups is 1. The van der Waals surface area contributed by atoms with Gasteiger partial charge in [-0.25, -0.2) is 0 Å². The van der Waals surface area contributed by atoms with Crippen LogP contribution in [0.4, 0.5) is 0 Å². The minimum absolute atomic E-state index is 0.119. The maximum atomic E-state index is 10.3. The maximum absolute atomic E-state index is 10.3. The van der Waals surface area contributed by atoms with Gasteiger partial charge in [0.25, 0.3) is 0 Å². The predicted molar refractivity (Wildman–Crippen MR) is 126 cm³/mol. The van der Waals surface area contributed by atoms with E-state index in [-0.39, 0.29) is 6.42 Å². The number of allylic oxidation sites excluding steroid dienone is 1. The Morgan fingerprint density at radius 3 is 2.37 bits per heavy atom. The molecule has 162 valence electrons. The molecule has 0 radical (unpaired) electrons. The molecule has 0 aliphatic rings. The summed E-state index contributed by atoms with van der Waals surface area (Å²) in [5, 5.41) is 12.9. The molecule has 0 bridgehead atoms. The van der Waals surface area contributed by atoms with E-state index in [4.69, 9.17) is 21.5 Å². The van der Waals surface area contributed by atoms with E-state index < -0.39 is 5.97 Å². The largest absolute Gasteiger partial charge is 0.481 e. The molecular formula is C25H32ClNO3. The van der Waals surface area contributed by atoms with Gasteiger partial charge in [0.1, 0.15) is 6.61 Å². The summed E-state index contributed by atoms with van der Waals surface area (Å²) in [6.45, 7) is 10.9. The van der Waals surface area contributed by atoms with Gasteiger partial charge in [0.2, 0.25) is 0 Å². The molecule has 30 heavy (non-hydrogen) atoms. The Hall–Kier alpha value is -2.59. The lowest BCUT2D eigenvalue weighted by molar-refractivity contribution is -0.135. The third kappa shape index (κ3) is 9.75. The molecule has 0 aliphatic heterocycles. The second-order valence-electron chi connectivity index (χ2n) is 7.25. The topological polar surface area (TPSA) is 58.9 Å². The molecule has 0 atom stereocenters. The number of nitrogens with zero attached hydrogens (tertiary/aromatic N) is 1. The molecule has 2 aromatic rings. The molecule has 0 amide bonds. The molecule has 0 spiro atoms. The van der Waals surface area contributed by atoms with Crippen molar-refractivity contribution in [2.45, 2.75) is 53.9 Å². The number of carboxylic acid groups (broad SMARTS) is 1. The molecule has 2 aromatic carbocycles. The summed E-state index contributed by atoms with van der Waals surface area (Å²) < 4.78 is 0. The van der Waals surface area contributed by atoms with Crippen LogP contribution in [0.1, 0.15) is 55.9 Å². The lowest BCUT2D eigenvalue weighted by atomic mass is 9.93. The first kappa shape index (κ1) is 25.4. The fraction of sp³-hybridized carbons (Fsp3) is 0.360. The number of benzene rings is 2. The number of hydrogen-bond donors (Lipinski definition) is 1. The molecule has 5 heteroatoms. The lowest BCUT2D eigenvalue weighted by Gasteiger charge is -2.13. The van der Waals surface area contributed by atoms with E-state index in [9.17, 15) is 4.79 Å². The summed E-state index contributed by atoms with van der Waals surface area (Å²) in [4.78, 5) is 15.5. The van der Waals surface area contributed by atoms with Crippen molar-refractivity contribution in [3.8, 4) is 0 Å². The van der Waals surface area contributed by atoms with E-state index in [0.29, 0.717) is 6.61 Å². The molecule has 0 fully saturated rings. The molecule has 4 nitrogen and oxygen atoms in total. The van der Waals surface area contributed by atoms with E-state index in [1.807, 2.05) is 24.3 Å². The van der Waals surface area contributed by atoms with Crippen LogP contribution in [0.15, 0.2) is 53.2 Å². The van der Waals surface area contributed by atoms with Crippen LogP contribution in [0.2, 0.25) is 5.02 Å². The molecule has 2 rings (SSSR count). The normalized spacial score (nSPS) is 10.3. The summed E-state index contributed by atoms with van der Waals surface area (Å²) in [6.07, 6.45) is 2.98. The average molecular weight is 430 g/mol. The van der Waals surface area contributed by atoms with Crippen LogP contribution in [0.3, 0.4) is 0 Å². The molecule has 0 aromatic heterocycles. The van der Waals surface area contributed by atoms with E-state index >= 15 is 0 Å². The molecule has 0 saturated heterocycles. The summed E-state index contributed by atoms with van der Waals surface area (Å²) >= 11 is 5.67. The van der Waals surface area contributed by atoms with Gasteiger partial charge in [0.15, 0.2) is 0 Å². The fourth-order valence-electron chi connectivity index (χ4n) is 2.80. The standard InChI is InChI=1S/C17H23NO3.C8H9Cl/c1-12(2)15(8-10-21-18-9-7-17(19)20)16-11-13(3)5-6-14(16)4;1-2-7-3-5-8(9)6-4-7/h5-6,9,11H,7-8,10H2,1-4H3,(H,19,20);3-6H,2H2,1H3/b18-9+;. The Labute approximate surface area is 185 Å². The number of aliphatic carboxylic acids is 1. The Bertz CT molecular complexity index is 866. The van der Waals surface area contributed by atoms with Crippen molar-refractivity contribution in [1.82, 2.24) is 0 Å². The van der Waals surface area contributed by atoms with Crippen LogP contribution >= 0.6 is 11.6 Å². The van der Waals surface area contributed by atoms with Crippen LogP contribution in [-0.4, -0.2) is 23.9 Å². The van der Waals surface area contributed by atoms with Crippen LogP contribution in [0, 0.1) is 13.8 Å². The number of rotatable bonds is 8. The maximum Gasteiger partial charge on any atom is 0.308 e. The Balaban J connectivity index is 0.000000414. The molecule has 0 aliphatic carbocycles. The number of hydrogen-bond acceptors (Lipinski definition) is 3. The molecule has 0 unspecified atom stereocenters. The van der Waals surface area contributed by atoms with Crippen molar-refractivity contribution in [2.24, 2.45) is 5.16 Å². The number of aryl methyl sites for hydroxylation is 3. The first-order chi connectivity index (χ1) is 14.2. The average Bonchev–Trinajstić information content (AvgIpc) is 2.70. The minimum Gasteiger partial charge on any atom is -0.481 e. The highest BCUT2D eigenvalue weighted by molar-refractivity contribution is 6.30. The molecule has 1 N–H and O–H groups in total. The lowest BCUT2D eigenvalue weighted by Crippen LogP contribution is -1.98. The first-order valence-electron chi connectivity index (χ1n) is 10.1. The summed E-state index contributed by atoms with van der Waals surface area (Å²) in [6, 6.07) is 14.3. The van der Waals surface area contributed by atoms with Gasteiger partial charge in [-0.3, -0.25) is 4.79 Å². The monoisotopic (exact) mass is 429 g/mol. The van der Waals surface area contributed by atoms with Crippen molar-refractivity contribution in [3.05, 3.63) is 75.3 Å². The predicted octanol–water partition coefficient (Wildman–Crippen LogP) is 6.87. The van der Waals surface area contributed by atoms with Gasteiger partial charge in [-0.15, -0.1) is 0 Å². The van der Waals surface area contributed by atoms with Crippen LogP contribution in [0.5, 0.6) is 0 Å². The second-order valence-corrected chi connectivity index (χ2v) is 7.68. The van der Waals surface area contributed by atoms with Crippen LogP contribution in [0.25, 0.3) is 5.57 Å². The first-order valence-corrected chi connectivity index (χ1v) is 10.5. The highest BCUT2D eigenvalue weighted by Gasteiger charge is 2.08. The van der Waals surface area contributed by atoms with Gasteiger partial charge >= 0.3 is 5.97 Å². The van der Waals surface area contributed by atoms with Gasteiger partial charge in [-0.1, -0.05) is 65.1 Å². The van der Waals surface area contributed by atoms with Crippen molar-refractivity contribution in [3.63, 3.8) is 0 Å². The second kappa shape index (κ2) is 13.6. The quantitative estimate of drug-likeness (QED) is 0.283. The smallest absolute Gasteiger partial charge is 0.308 e. The van der Waals surface area contributed by atoms with Gasteiger partial charge in [-0.2, -0.15) is 0 Å². The van der Waals surface area contributed by atoms with Gasteiger partial charge in [-0.05, 0) is 68.5 Å². The number of oxime groups is 1. The van der Waals surface area contributed by atoms with Gasteiger partial charge < -0.3 is 9.94 Å². The minimum atomic E-state index is -0.914. The number of halogens is 1. The SMILES string of the molecule is CC(C)=C(CCO/N=C/CC(=O)O)c1cc(C)ccc1C.CCc1ccc(Cl)cc1. The van der Waals surface area contributed by atoms with E-state index in [1.165, 1.54) is 39.6 Å². The highest BCUT2D eigenvalue weighted by atomic mass is 35.5. The van der Waals surface area contributed by atoms with Crippen LogP contribution in [-0.2, 0) is 16.1 Å². The van der Waals surface area contributed by atoms with Crippen LogP contribution < -0.4 is 0 Å². The third-order valence-corrected chi connectivity index (χ3v) is 4.75. The van der Waals surface area contributed by atoms with Crippen molar-refractivity contribution in [1.29, 1.82) is 0 Å². The highest BCUT2D eigenvalue weighted by Crippen LogP contribution is 2.26. The Kier molecular flexibility index (Phi) is 11.5. The summed E-state index contributed by atoms with van der Waals surface area (Å²) in [5.41, 5.74) is 7.56. The van der Waals surface area contributed by atoms with Gasteiger partial charge in [0.05, 0.1) is 12.6 Å². The fourth-order valence-corrected chi connectivity index (χ4v) is 2.93. The van der Waals surface area contributed by atoms with Crippen molar-refractivity contribution < 1.29 is 14.7 Å². The van der Waals surface area contributed by atoms with E-state index in [2.05, 4.69) is 58.0 Å². The van der Waals surface area contributed by atoms with E-state index in [1.54, 1.807) is 0 Å².